The van der Waals surface area contributed by atoms with Gasteiger partial charge in [0.15, 0.2) is 5.70 Å². The van der Waals surface area contributed by atoms with Crippen molar-refractivity contribution in [3.8, 4) is 5.69 Å². The van der Waals surface area contributed by atoms with Gasteiger partial charge >= 0.3 is 0 Å². The van der Waals surface area contributed by atoms with Gasteiger partial charge in [-0.1, -0.05) is 0 Å². The zero-order valence-electron chi connectivity index (χ0n) is 18.8. The number of pyridine rings is 1. The molecule has 1 atom stereocenters. The Morgan fingerprint density at radius 2 is 2.06 bits per heavy atom. The number of aromatic nitrogens is 3. The molecule has 2 aromatic rings. The van der Waals surface area contributed by atoms with Gasteiger partial charge in [-0.3, -0.25) is 9.78 Å². The molecule has 170 valence electrons. The second kappa shape index (κ2) is 8.16. The zero-order valence-corrected chi connectivity index (χ0v) is 19.6. The number of hydrogen-bond donors (Lipinski definition) is 0. The summed E-state index contributed by atoms with van der Waals surface area (Å²) in [5.41, 5.74) is 4.11. The Morgan fingerprint density at radius 3 is 2.82 bits per heavy atom. The van der Waals surface area contributed by atoms with E-state index in [1.165, 1.54) is 5.70 Å². The molecular formula is C24H28N7OS+. The molecule has 33 heavy (non-hydrogen) atoms. The molecule has 0 bridgehead atoms. The Morgan fingerprint density at radius 1 is 1.18 bits per heavy atom. The minimum absolute atomic E-state index is 0.204. The number of aryl methyl sites for hydroxylation is 1. The molecule has 0 aliphatic carbocycles. The molecule has 2 aromatic heterocycles. The minimum atomic E-state index is 0.204. The normalized spacial score (nSPS) is 24.9. The monoisotopic (exact) mass is 462 g/mol. The fourth-order valence-corrected chi connectivity index (χ4v) is 6.16. The van der Waals surface area contributed by atoms with Crippen molar-refractivity contribution in [2.24, 2.45) is 0 Å². The van der Waals surface area contributed by atoms with Crippen LogP contribution in [0.3, 0.4) is 0 Å². The van der Waals surface area contributed by atoms with Crippen molar-refractivity contribution in [2.45, 2.75) is 6.92 Å². The van der Waals surface area contributed by atoms with Crippen molar-refractivity contribution in [2.75, 3.05) is 55.8 Å². The van der Waals surface area contributed by atoms with Gasteiger partial charge in [0, 0.05) is 49.8 Å². The highest BCUT2D eigenvalue weighted by Crippen LogP contribution is 2.38. The van der Waals surface area contributed by atoms with Crippen molar-refractivity contribution in [1.82, 2.24) is 24.7 Å². The van der Waals surface area contributed by atoms with Crippen LogP contribution in [0.2, 0.25) is 0 Å². The highest BCUT2D eigenvalue weighted by atomic mass is 32.2. The second-order valence-electron chi connectivity index (χ2n) is 8.90. The van der Waals surface area contributed by atoms with E-state index >= 15 is 0 Å². The lowest BCUT2D eigenvalue weighted by Crippen LogP contribution is -2.60. The Balaban J connectivity index is 1.18. The van der Waals surface area contributed by atoms with Gasteiger partial charge in [0.2, 0.25) is 0 Å². The lowest BCUT2D eigenvalue weighted by molar-refractivity contribution is -0.948. The Bertz CT molecular complexity index is 1160. The first kappa shape index (κ1) is 20.7. The molecule has 8 nitrogen and oxygen atoms in total. The van der Waals surface area contributed by atoms with Crippen LogP contribution in [-0.4, -0.2) is 86.1 Å². The van der Waals surface area contributed by atoms with Crippen LogP contribution in [0.1, 0.15) is 5.69 Å². The molecule has 6 rings (SSSR count). The summed E-state index contributed by atoms with van der Waals surface area (Å²) in [6.07, 6.45) is 12.3. The average Bonchev–Trinajstić information content (AvgIpc) is 3.62. The van der Waals surface area contributed by atoms with Crippen LogP contribution < -0.4 is 4.90 Å². The molecule has 4 aliphatic rings. The van der Waals surface area contributed by atoms with Crippen LogP contribution >= 0.6 is 11.8 Å². The van der Waals surface area contributed by atoms with E-state index < -0.39 is 0 Å². The number of carbonyl (C=O) groups is 1. The number of amides is 1. The van der Waals surface area contributed by atoms with E-state index in [2.05, 4.69) is 45.4 Å². The number of hydrogen-bond acceptors (Lipinski definition) is 6. The summed E-state index contributed by atoms with van der Waals surface area (Å²) in [7, 11) is 0. The topological polar surface area (TPSA) is 57.5 Å². The Labute approximate surface area is 198 Å². The summed E-state index contributed by atoms with van der Waals surface area (Å²) in [6.45, 7) is 7.23. The van der Waals surface area contributed by atoms with Crippen molar-refractivity contribution in [3.05, 3.63) is 72.0 Å². The maximum atomic E-state index is 13.1. The van der Waals surface area contributed by atoms with Crippen molar-refractivity contribution in [1.29, 1.82) is 0 Å². The molecule has 4 aliphatic heterocycles. The number of thioether (sulfide) groups is 1. The summed E-state index contributed by atoms with van der Waals surface area (Å²) < 4.78 is 2.64. The summed E-state index contributed by atoms with van der Waals surface area (Å²) in [6, 6.07) is 6.13. The first-order valence-electron chi connectivity index (χ1n) is 11.5. The molecule has 0 spiro atoms. The predicted octanol–water partition coefficient (Wildman–Crippen LogP) is 2.31. The number of allylic oxidation sites excluding steroid dienone is 3. The number of fused-ring (bicyclic) bond motifs is 1. The Hall–Kier alpha value is -2.88. The van der Waals surface area contributed by atoms with Crippen molar-refractivity contribution in [3.63, 3.8) is 0 Å². The van der Waals surface area contributed by atoms with Crippen molar-refractivity contribution < 1.29 is 9.39 Å². The first-order chi connectivity index (χ1) is 16.1. The predicted molar refractivity (Wildman–Crippen MR) is 129 cm³/mol. The molecule has 0 aromatic carbocycles. The third-order valence-electron chi connectivity index (χ3n) is 6.88. The van der Waals surface area contributed by atoms with E-state index in [0.29, 0.717) is 4.59 Å². The summed E-state index contributed by atoms with van der Waals surface area (Å²) in [5.74, 6) is 3.16. The third-order valence-corrected chi connectivity index (χ3v) is 7.85. The smallest absolute Gasteiger partial charge is 0.256 e. The van der Waals surface area contributed by atoms with Gasteiger partial charge in [-0.2, -0.15) is 9.69 Å². The summed E-state index contributed by atoms with van der Waals surface area (Å²) in [5, 5.41) is 7.22. The number of quaternary nitrogens is 1. The zero-order chi connectivity index (χ0) is 22.4. The lowest BCUT2D eigenvalue weighted by Gasteiger charge is -2.44. The molecule has 0 saturated carbocycles. The maximum absolute atomic E-state index is 13.1. The molecule has 1 amide bonds. The van der Waals surface area contributed by atoms with E-state index in [-0.39, 0.29) is 5.91 Å². The number of nitrogens with zero attached hydrogens (tertiary/aromatic N) is 7. The van der Waals surface area contributed by atoms with E-state index in [9.17, 15) is 4.79 Å². The van der Waals surface area contributed by atoms with Gasteiger partial charge in [-0.05, 0) is 25.1 Å². The van der Waals surface area contributed by atoms with Crippen LogP contribution in [-0.2, 0) is 4.79 Å². The fraction of sp³-hybridized carbons (Fsp3) is 0.375. The quantitative estimate of drug-likeness (QED) is 0.650. The lowest BCUT2D eigenvalue weighted by atomic mass is 10.2. The number of carbonyl (C=O) groups excluding carboxylic acids is 1. The molecule has 0 unspecified atom stereocenters. The maximum Gasteiger partial charge on any atom is 0.256 e. The second-order valence-corrected chi connectivity index (χ2v) is 9.98. The van der Waals surface area contributed by atoms with Gasteiger partial charge in [0.1, 0.15) is 18.6 Å². The molecule has 2 saturated heterocycles. The van der Waals surface area contributed by atoms with Gasteiger partial charge in [0.25, 0.3) is 5.91 Å². The van der Waals surface area contributed by atoms with Gasteiger partial charge in [0.05, 0.1) is 42.1 Å². The molecule has 0 radical (unpaired) electrons. The number of piperazine rings is 1. The van der Waals surface area contributed by atoms with Crippen LogP contribution in [0.25, 0.3) is 5.69 Å². The van der Waals surface area contributed by atoms with E-state index in [0.717, 1.165) is 73.7 Å². The SMILES string of the molecule is Cc1cc(N2CCN([N@@+]34C=CC=C3C=C(C(=O)N3CCSC3)C4)CC2)n(-c2cccnc2)n1. The van der Waals surface area contributed by atoms with Gasteiger partial charge < -0.3 is 9.80 Å². The largest absolute Gasteiger partial charge is 0.353 e. The summed E-state index contributed by atoms with van der Waals surface area (Å²) in [4.78, 5) is 21.7. The standard InChI is InChI=1S/C24H28N7OS/c1-19-14-23(30(26-19)21-4-2-6-25-16-21)27-7-9-29(10-8-27)31-12-3-5-22(31)15-20(17-31)24(32)28-11-13-33-18-28/h2-6,12,14-16H,7-11,13,17-18H2,1H3/q+1/t31-/m1/s1. The fourth-order valence-electron chi connectivity index (χ4n) is 5.21. The highest BCUT2D eigenvalue weighted by molar-refractivity contribution is 7.99. The summed E-state index contributed by atoms with van der Waals surface area (Å²) >= 11 is 1.83. The molecule has 9 heteroatoms. The first-order valence-corrected chi connectivity index (χ1v) is 12.6. The van der Waals surface area contributed by atoms with Crippen LogP contribution in [0, 0.1) is 6.92 Å². The van der Waals surface area contributed by atoms with Crippen LogP contribution in [0.5, 0.6) is 0 Å². The molecule has 0 N–H and O–H groups in total. The third kappa shape index (κ3) is 3.51. The Kier molecular flexibility index (Phi) is 5.12. The minimum Gasteiger partial charge on any atom is -0.353 e. The van der Waals surface area contributed by atoms with Crippen molar-refractivity contribution >= 4 is 23.5 Å². The highest BCUT2D eigenvalue weighted by Gasteiger charge is 2.48. The van der Waals surface area contributed by atoms with E-state index in [4.69, 9.17) is 5.10 Å². The van der Waals surface area contributed by atoms with Gasteiger partial charge in [-0.25, -0.2) is 4.68 Å². The number of anilines is 1. The van der Waals surface area contributed by atoms with E-state index in [1.807, 2.05) is 46.6 Å². The number of rotatable bonds is 4. The molecule has 2 fully saturated rings. The average molecular weight is 463 g/mol. The molecule has 6 heterocycles. The van der Waals surface area contributed by atoms with Crippen LogP contribution in [0.4, 0.5) is 5.82 Å². The van der Waals surface area contributed by atoms with Gasteiger partial charge in [-0.15, -0.1) is 16.8 Å². The van der Waals surface area contributed by atoms with E-state index in [1.54, 1.807) is 6.20 Å². The van der Waals surface area contributed by atoms with Crippen LogP contribution in [0.15, 0.2) is 66.3 Å². The molecular weight excluding hydrogens is 434 g/mol.